The van der Waals surface area contributed by atoms with Gasteiger partial charge in [-0.2, -0.15) is 0 Å². The third kappa shape index (κ3) is 4.43. The summed E-state index contributed by atoms with van der Waals surface area (Å²) >= 11 is 3.18. The maximum absolute atomic E-state index is 12.8. The molecule has 0 bridgehead atoms. The lowest BCUT2D eigenvalue weighted by Gasteiger charge is -2.12. The molecule has 0 spiro atoms. The number of hydrogen-bond donors (Lipinski definition) is 1. The molecule has 3 aromatic rings. The number of thioether (sulfide) groups is 1. The lowest BCUT2D eigenvalue weighted by Crippen LogP contribution is -2.13. The van der Waals surface area contributed by atoms with Gasteiger partial charge in [0, 0.05) is 34.2 Å². The Balaban J connectivity index is 1.49. The Labute approximate surface area is 165 Å². The number of amides is 1. The number of ether oxygens (including phenoxy) is 2. The van der Waals surface area contributed by atoms with Crippen molar-refractivity contribution in [3.05, 3.63) is 64.6 Å². The Kier molecular flexibility index (Phi) is 5.60. The van der Waals surface area contributed by atoms with Gasteiger partial charge in [0.15, 0.2) is 11.5 Å². The van der Waals surface area contributed by atoms with Crippen LogP contribution in [0.25, 0.3) is 0 Å². The quantitative estimate of drug-likeness (QED) is 0.623. The molecule has 0 saturated carbocycles. The van der Waals surface area contributed by atoms with Crippen LogP contribution in [0.5, 0.6) is 11.5 Å². The number of nitrogens with zero attached hydrogens (tertiary/aromatic N) is 1. The highest BCUT2D eigenvalue weighted by Crippen LogP contribution is 2.33. The average molecular weight is 399 g/mol. The molecule has 0 radical (unpaired) electrons. The molecular formula is C20H18N2O3S2. The predicted octanol–water partition coefficient (Wildman–Crippen LogP) is 4.85. The zero-order valence-electron chi connectivity index (χ0n) is 14.5. The smallest absolute Gasteiger partial charge is 0.256 e. The zero-order valence-corrected chi connectivity index (χ0v) is 16.1. The van der Waals surface area contributed by atoms with Crippen LogP contribution >= 0.6 is 23.1 Å². The summed E-state index contributed by atoms with van der Waals surface area (Å²) in [5.74, 6) is 1.96. The van der Waals surface area contributed by atoms with Crippen LogP contribution in [0.1, 0.15) is 22.5 Å². The molecule has 1 aliphatic heterocycles. The molecule has 2 aromatic carbocycles. The van der Waals surface area contributed by atoms with E-state index in [0.717, 1.165) is 22.8 Å². The first-order chi connectivity index (χ1) is 13.3. The van der Waals surface area contributed by atoms with Crippen LogP contribution in [0.2, 0.25) is 0 Å². The van der Waals surface area contributed by atoms with E-state index in [1.807, 2.05) is 53.4 Å². The van der Waals surface area contributed by atoms with Crippen LogP contribution in [-0.4, -0.2) is 24.1 Å². The van der Waals surface area contributed by atoms with Gasteiger partial charge in [-0.1, -0.05) is 12.1 Å². The lowest BCUT2D eigenvalue weighted by molar-refractivity contribution is 0.102. The summed E-state index contributed by atoms with van der Waals surface area (Å²) in [4.78, 5) is 18.0. The maximum atomic E-state index is 12.8. The molecule has 1 N–H and O–H groups in total. The summed E-state index contributed by atoms with van der Waals surface area (Å²) < 4.78 is 11.3. The van der Waals surface area contributed by atoms with E-state index in [-0.39, 0.29) is 5.91 Å². The van der Waals surface area contributed by atoms with Crippen LogP contribution in [0.15, 0.2) is 58.3 Å². The third-order valence-electron chi connectivity index (χ3n) is 4.00. The number of hydrogen-bond acceptors (Lipinski definition) is 6. The van der Waals surface area contributed by atoms with Crippen LogP contribution in [0.3, 0.4) is 0 Å². The third-order valence-corrected chi connectivity index (χ3v) is 5.74. The Morgan fingerprint density at radius 1 is 1.15 bits per heavy atom. The highest BCUT2D eigenvalue weighted by Gasteiger charge is 2.15. The fourth-order valence-corrected chi connectivity index (χ4v) is 4.30. The van der Waals surface area contributed by atoms with Gasteiger partial charge < -0.3 is 14.8 Å². The maximum Gasteiger partial charge on any atom is 0.256 e. The van der Waals surface area contributed by atoms with Crippen molar-refractivity contribution in [2.24, 2.45) is 0 Å². The fourth-order valence-electron chi connectivity index (χ4n) is 2.68. The number of benzene rings is 2. The van der Waals surface area contributed by atoms with Gasteiger partial charge in [0.1, 0.15) is 0 Å². The first-order valence-electron chi connectivity index (χ1n) is 8.59. The minimum absolute atomic E-state index is 0.147. The van der Waals surface area contributed by atoms with Crippen molar-refractivity contribution in [3.8, 4) is 11.5 Å². The zero-order chi connectivity index (χ0) is 18.5. The van der Waals surface area contributed by atoms with E-state index >= 15 is 0 Å². The topological polar surface area (TPSA) is 60.5 Å². The van der Waals surface area contributed by atoms with E-state index in [1.54, 1.807) is 23.1 Å². The number of anilines is 1. The van der Waals surface area contributed by atoms with Crippen molar-refractivity contribution in [2.75, 3.05) is 18.5 Å². The number of carbonyl (C=O) groups excluding carboxylic acids is 1. The van der Waals surface area contributed by atoms with Crippen LogP contribution in [0.4, 0.5) is 5.69 Å². The Hall–Kier alpha value is -2.51. The van der Waals surface area contributed by atoms with Crippen molar-refractivity contribution in [2.45, 2.75) is 17.1 Å². The summed E-state index contributed by atoms with van der Waals surface area (Å²) in [6.45, 7) is 1.25. The standard InChI is InChI=1S/C20H18N2O3S2/c23-20(22-14-6-7-17-18(10-14)25-9-3-8-24-17)16-4-1-2-5-19(16)27-12-15-11-26-13-21-15/h1-2,4-7,10-11,13H,3,8-9,12H2,(H,22,23). The first-order valence-corrected chi connectivity index (χ1v) is 10.5. The van der Waals surface area contributed by atoms with Gasteiger partial charge in [-0.3, -0.25) is 4.79 Å². The highest BCUT2D eigenvalue weighted by molar-refractivity contribution is 7.98. The summed E-state index contributed by atoms with van der Waals surface area (Å²) in [6, 6.07) is 13.1. The lowest BCUT2D eigenvalue weighted by atomic mass is 10.2. The van der Waals surface area contributed by atoms with E-state index in [9.17, 15) is 4.79 Å². The summed E-state index contributed by atoms with van der Waals surface area (Å²) in [5, 5.41) is 4.98. The predicted molar refractivity (Wildman–Crippen MR) is 108 cm³/mol. The molecule has 1 aromatic heterocycles. The largest absolute Gasteiger partial charge is 0.490 e. The molecule has 7 heteroatoms. The number of nitrogens with one attached hydrogen (secondary N) is 1. The van der Waals surface area contributed by atoms with Crippen molar-refractivity contribution in [3.63, 3.8) is 0 Å². The number of carbonyl (C=O) groups is 1. The van der Waals surface area contributed by atoms with E-state index < -0.39 is 0 Å². The molecule has 5 nitrogen and oxygen atoms in total. The monoisotopic (exact) mass is 398 g/mol. The molecule has 138 valence electrons. The van der Waals surface area contributed by atoms with E-state index in [1.165, 1.54) is 0 Å². The summed E-state index contributed by atoms with van der Waals surface area (Å²) in [6.07, 6.45) is 0.847. The van der Waals surface area contributed by atoms with Crippen molar-refractivity contribution in [1.29, 1.82) is 0 Å². The molecule has 1 aliphatic rings. The highest BCUT2D eigenvalue weighted by atomic mass is 32.2. The molecule has 4 rings (SSSR count). The van der Waals surface area contributed by atoms with Gasteiger partial charge in [0.2, 0.25) is 0 Å². The van der Waals surface area contributed by atoms with Crippen LogP contribution in [0, 0.1) is 0 Å². The van der Waals surface area contributed by atoms with Gasteiger partial charge in [-0.25, -0.2) is 4.98 Å². The second-order valence-electron chi connectivity index (χ2n) is 5.93. The second-order valence-corrected chi connectivity index (χ2v) is 7.67. The molecule has 2 heterocycles. The normalized spacial score (nSPS) is 13.0. The van der Waals surface area contributed by atoms with Crippen LogP contribution in [-0.2, 0) is 5.75 Å². The number of thiazole rings is 1. The van der Waals surface area contributed by atoms with Gasteiger partial charge in [0.05, 0.1) is 30.0 Å². The molecule has 0 atom stereocenters. The van der Waals surface area contributed by atoms with Gasteiger partial charge in [-0.15, -0.1) is 23.1 Å². The molecule has 27 heavy (non-hydrogen) atoms. The van der Waals surface area contributed by atoms with Crippen molar-refractivity contribution in [1.82, 2.24) is 4.98 Å². The second kappa shape index (κ2) is 8.45. The Morgan fingerprint density at radius 3 is 2.85 bits per heavy atom. The molecule has 0 aliphatic carbocycles. The minimum atomic E-state index is -0.147. The molecule has 0 fully saturated rings. The van der Waals surface area contributed by atoms with Gasteiger partial charge >= 0.3 is 0 Å². The molecule has 1 amide bonds. The SMILES string of the molecule is O=C(Nc1ccc2c(c1)OCCCO2)c1ccccc1SCc1cscn1. The Morgan fingerprint density at radius 2 is 2.00 bits per heavy atom. The fraction of sp³-hybridized carbons (Fsp3) is 0.200. The first kappa shape index (κ1) is 17.9. The number of aromatic nitrogens is 1. The average Bonchev–Trinajstić information content (AvgIpc) is 3.11. The van der Waals surface area contributed by atoms with E-state index in [0.29, 0.717) is 36.0 Å². The van der Waals surface area contributed by atoms with E-state index in [4.69, 9.17) is 9.47 Å². The molecular weight excluding hydrogens is 380 g/mol. The molecule has 0 saturated heterocycles. The summed E-state index contributed by atoms with van der Waals surface area (Å²) in [5.41, 5.74) is 4.16. The van der Waals surface area contributed by atoms with Crippen molar-refractivity contribution < 1.29 is 14.3 Å². The Bertz CT molecular complexity index is 929. The number of rotatable bonds is 5. The molecule has 0 unspecified atom stereocenters. The van der Waals surface area contributed by atoms with Gasteiger partial charge in [0.25, 0.3) is 5.91 Å². The van der Waals surface area contributed by atoms with Crippen LogP contribution < -0.4 is 14.8 Å². The summed E-state index contributed by atoms with van der Waals surface area (Å²) in [7, 11) is 0. The van der Waals surface area contributed by atoms with Crippen molar-refractivity contribution >= 4 is 34.7 Å². The minimum Gasteiger partial charge on any atom is -0.490 e. The van der Waals surface area contributed by atoms with E-state index in [2.05, 4.69) is 10.3 Å². The number of fused-ring (bicyclic) bond motifs is 1. The van der Waals surface area contributed by atoms with Gasteiger partial charge in [-0.05, 0) is 24.3 Å².